The van der Waals surface area contributed by atoms with Crippen molar-refractivity contribution < 1.29 is 14.3 Å². The molecule has 0 unspecified atom stereocenters. The van der Waals surface area contributed by atoms with E-state index < -0.39 is 6.04 Å². The summed E-state index contributed by atoms with van der Waals surface area (Å²) in [6.07, 6.45) is 1.11. The Morgan fingerprint density at radius 2 is 1.83 bits per heavy atom. The van der Waals surface area contributed by atoms with Crippen molar-refractivity contribution in [2.45, 2.75) is 53.1 Å². The third kappa shape index (κ3) is 6.34. The van der Waals surface area contributed by atoms with Gasteiger partial charge in [0.1, 0.15) is 11.8 Å². The van der Waals surface area contributed by atoms with Gasteiger partial charge < -0.3 is 15.0 Å². The molecule has 0 heterocycles. The SMILES string of the molecule is CCCNC(=O)[C@H](C)N(Cc1cccc(OC)c1)C(=O)Cc1ccc(C)c(C)c1. The topological polar surface area (TPSA) is 58.6 Å². The molecule has 29 heavy (non-hydrogen) atoms. The lowest BCUT2D eigenvalue weighted by molar-refractivity contribution is -0.140. The second-order valence-corrected chi connectivity index (χ2v) is 7.44. The first-order valence-electron chi connectivity index (χ1n) is 10.1. The Hall–Kier alpha value is -2.82. The summed E-state index contributed by atoms with van der Waals surface area (Å²) in [6.45, 7) is 8.82. The van der Waals surface area contributed by atoms with Crippen molar-refractivity contribution in [1.82, 2.24) is 10.2 Å². The van der Waals surface area contributed by atoms with Crippen LogP contribution in [-0.2, 0) is 22.6 Å². The molecule has 0 aliphatic carbocycles. The lowest BCUT2D eigenvalue weighted by atomic mass is 10.0. The van der Waals surface area contributed by atoms with Gasteiger partial charge in [0.15, 0.2) is 0 Å². The smallest absolute Gasteiger partial charge is 0.242 e. The number of ether oxygens (including phenoxy) is 1. The molecule has 0 saturated carbocycles. The van der Waals surface area contributed by atoms with Crippen LogP contribution in [0.3, 0.4) is 0 Å². The van der Waals surface area contributed by atoms with Crippen molar-refractivity contribution in [3.05, 3.63) is 64.7 Å². The molecule has 1 N–H and O–H groups in total. The number of hydrogen-bond acceptors (Lipinski definition) is 3. The molecular formula is C24H32N2O3. The first kappa shape index (κ1) is 22.5. The van der Waals surface area contributed by atoms with E-state index in [0.29, 0.717) is 13.1 Å². The first-order valence-corrected chi connectivity index (χ1v) is 10.1. The van der Waals surface area contributed by atoms with E-state index in [4.69, 9.17) is 4.74 Å². The molecule has 2 aromatic carbocycles. The van der Waals surface area contributed by atoms with Crippen LogP contribution in [0, 0.1) is 13.8 Å². The zero-order valence-corrected chi connectivity index (χ0v) is 18.1. The van der Waals surface area contributed by atoms with E-state index in [2.05, 4.69) is 12.2 Å². The standard InChI is InChI=1S/C24H32N2O3/c1-6-12-25-24(28)19(4)26(16-21-8-7-9-22(14-21)29-5)23(27)15-20-11-10-17(2)18(3)13-20/h7-11,13-14,19H,6,12,15-16H2,1-5H3,(H,25,28)/t19-/m0/s1. The third-order valence-electron chi connectivity index (χ3n) is 5.13. The van der Waals surface area contributed by atoms with Crippen molar-refractivity contribution in [1.29, 1.82) is 0 Å². The maximum atomic E-state index is 13.2. The third-order valence-corrected chi connectivity index (χ3v) is 5.13. The van der Waals surface area contributed by atoms with Crippen molar-refractivity contribution in [2.75, 3.05) is 13.7 Å². The van der Waals surface area contributed by atoms with Gasteiger partial charge in [-0.05, 0) is 61.6 Å². The fraction of sp³-hybridized carbons (Fsp3) is 0.417. The molecule has 0 spiro atoms. The van der Waals surface area contributed by atoms with Crippen LogP contribution >= 0.6 is 0 Å². The van der Waals surface area contributed by atoms with Gasteiger partial charge in [-0.25, -0.2) is 0 Å². The average Bonchev–Trinajstić information content (AvgIpc) is 2.72. The van der Waals surface area contributed by atoms with Crippen LogP contribution in [0.25, 0.3) is 0 Å². The van der Waals surface area contributed by atoms with Gasteiger partial charge in [-0.15, -0.1) is 0 Å². The van der Waals surface area contributed by atoms with Crippen molar-refractivity contribution in [2.24, 2.45) is 0 Å². The highest BCUT2D eigenvalue weighted by Gasteiger charge is 2.26. The second kappa shape index (κ2) is 10.6. The molecule has 156 valence electrons. The molecular weight excluding hydrogens is 364 g/mol. The van der Waals surface area contributed by atoms with Crippen LogP contribution in [0.15, 0.2) is 42.5 Å². The minimum Gasteiger partial charge on any atom is -0.497 e. The molecule has 0 fully saturated rings. The number of rotatable bonds is 9. The Kier molecular flexibility index (Phi) is 8.25. The van der Waals surface area contributed by atoms with Crippen molar-refractivity contribution in [3.63, 3.8) is 0 Å². The number of benzene rings is 2. The molecule has 5 heteroatoms. The van der Waals surface area contributed by atoms with Crippen molar-refractivity contribution >= 4 is 11.8 Å². The van der Waals surface area contributed by atoms with Crippen LogP contribution in [0.4, 0.5) is 0 Å². The molecule has 5 nitrogen and oxygen atoms in total. The fourth-order valence-corrected chi connectivity index (χ4v) is 3.14. The van der Waals surface area contributed by atoms with E-state index in [0.717, 1.165) is 28.9 Å². The summed E-state index contributed by atoms with van der Waals surface area (Å²) in [5.41, 5.74) is 4.23. The first-order chi connectivity index (χ1) is 13.8. The number of carbonyl (C=O) groups is 2. The Morgan fingerprint density at radius 1 is 1.07 bits per heavy atom. The zero-order valence-electron chi connectivity index (χ0n) is 18.1. The Bertz CT molecular complexity index is 848. The second-order valence-electron chi connectivity index (χ2n) is 7.44. The van der Waals surface area contributed by atoms with E-state index >= 15 is 0 Å². The number of hydrogen-bond donors (Lipinski definition) is 1. The highest BCUT2D eigenvalue weighted by molar-refractivity contribution is 5.88. The summed E-state index contributed by atoms with van der Waals surface area (Å²) in [4.78, 5) is 27.4. The lowest BCUT2D eigenvalue weighted by Gasteiger charge is -2.29. The normalized spacial score (nSPS) is 11.6. The summed E-state index contributed by atoms with van der Waals surface area (Å²) >= 11 is 0. The van der Waals surface area contributed by atoms with Gasteiger partial charge in [0, 0.05) is 13.1 Å². The van der Waals surface area contributed by atoms with E-state index in [1.807, 2.05) is 56.3 Å². The maximum absolute atomic E-state index is 13.2. The number of aryl methyl sites for hydroxylation is 2. The van der Waals surface area contributed by atoms with Crippen LogP contribution in [0.5, 0.6) is 5.75 Å². The summed E-state index contributed by atoms with van der Waals surface area (Å²) in [7, 11) is 1.61. The zero-order chi connectivity index (χ0) is 21.4. The van der Waals surface area contributed by atoms with Gasteiger partial charge in [0.25, 0.3) is 0 Å². The predicted molar refractivity (Wildman–Crippen MR) is 116 cm³/mol. The summed E-state index contributed by atoms with van der Waals surface area (Å²) < 4.78 is 5.30. The molecule has 0 aliphatic rings. The molecule has 0 bridgehead atoms. The molecule has 0 saturated heterocycles. The molecule has 2 aromatic rings. The average molecular weight is 397 g/mol. The highest BCUT2D eigenvalue weighted by atomic mass is 16.5. The molecule has 0 aromatic heterocycles. The summed E-state index contributed by atoms with van der Waals surface area (Å²) in [6, 6.07) is 13.1. The number of nitrogens with zero attached hydrogens (tertiary/aromatic N) is 1. The van der Waals surface area contributed by atoms with E-state index in [1.54, 1.807) is 18.9 Å². The van der Waals surface area contributed by atoms with Gasteiger partial charge >= 0.3 is 0 Å². The van der Waals surface area contributed by atoms with Gasteiger partial charge in [0.2, 0.25) is 11.8 Å². The minimum absolute atomic E-state index is 0.0739. The molecule has 2 rings (SSSR count). The monoisotopic (exact) mass is 396 g/mol. The number of methoxy groups -OCH3 is 1. The summed E-state index contributed by atoms with van der Waals surface area (Å²) in [5.74, 6) is 0.519. The van der Waals surface area contributed by atoms with Crippen LogP contribution in [0.2, 0.25) is 0 Å². The number of carbonyl (C=O) groups excluding carboxylic acids is 2. The van der Waals surface area contributed by atoms with Crippen LogP contribution in [0.1, 0.15) is 42.5 Å². The Balaban J connectivity index is 2.25. The minimum atomic E-state index is -0.563. The summed E-state index contributed by atoms with van der Waals surface area (Å²) in [5, 5.41) is 2.90. The Labute approximate surface area is 174 Å². The van der Waals surface area contributed by atoms with Gasteiger partial charge in [-0.1, -0.05) is 37.3 Å². The highest BCUT2D eigenvalue weighted by Crippen LogP contribution is 2.18. The van der Waals surface area contributed by atoms with Gasteiger partial charge in [0.05, 0.1) is 13.5 Å². The van der Waals surface area contributed by atoms with E-state index in [1.165, 1.54) is 5.56 Å². The Morgan fingerprint density at radius 3 is 2.48 bits per heavy atom. The molecule has 2 amide bonds. The molecule has 0 aliphatic heterocycles. The fourth-order valence-electron chi connectivity index (χ4n) is 3.14. The molecule has 0 radical (unpaired) electrons. The van der Waals surface area contributed by atoms with Crippen molar-refractivity contribution in [3.8, 4) is 5.75 Å². The van der Waals surface area contributed by atoms with Crippen LogP contribution in [-0.4, -0.2) is 36.4 Å². The predicted octanol–water partition coefficient (Wildman–Crippen LogP) is 3.80. The van der Waals surface area contributed by atoms with Gasteiger partial charge in [-0.2, -0.15) is 0 Å². The van der Waals surface area contributed by atoms with E-state index in [-0.39, 0.29) is 18.2 Å². The quantitative estimate of drug-likeness (QED) is 0.701. The largest absolute Gasteiger partial charge is 0.497 e. The lowest BCUT2D eigenvalue weighted by Crippen LogP contribution is -2.48. The van der Waals surface area contributed by atoms with E-state index in [9.17, 15) is 9.59 Å². The van der Waals surface area contributed by atoms with Gasteiger partial charge in [-0.3, -0.25) is 9.59 Å². The maximum Gasteiger partial charge on any atom is 0.242 e. The number of amides is 2. The number of nitrogens with one attached hydrogen (secondary N) is 1. The van der Waals surface area contributed by atoms with Crippen LogP contribution < -0.4 is 10.1 Å². The molecule has 1 atom stereocenters.